The number of allylic oxidation sites excluding steroid dienone is 1. The maximum absolute atomic E-state index is 4.07. The summed E-state index contributed by atoms with van der Waals surface area (Å²) in [6.45, 7) is 6.29. The smallest absolute Gasteiger partial charge is 0.0351 e. The molecule has 0 unspecified atom stereocenters. The van der Waals surface area contributed by atoms with Gasteiger partial charge in [0.15, 0.2) is 0 Å². The minimum absolute atomic E-state index is 0.161. The largest absolute Gasteiger partial charge is 0.102 e. The second kappa shape index (κ2) is 4.97. The Bertz CT molecular complexity index is 740. The molecule has 98 valence electrons. The Morgan fingerprint density at radius 2 is 1.40 bits per heavy atom. The van der Waals surface area contributed by atoms with Crippen molar-refractivity contribution in [1.29, 1.82) is 0 Å². The summed E-state index contributed by atoms with van der Waals surface area (Å²) in [5.41, 5.74) is 2.38. The van der Waals surface area contributed by atoms with Gasteiger partial charge in [-0.3, -0.25) is 0 Å². The number of hydrogen-bond donors (Lipinski definition) is 0. The van der Waals surface area contributed by atoms with Gasteiger partial charge in [0.2, 0.25) is 0 Å². The van der Waals surface area contributed by atoms with Gasteiger partial charge in [0.1, 0.15) is 0 Å². The molecule has 1 atom stereocenters. The van der Waals surface area contributed by atoms with E-state index in [0.717, 1.165) is 0 Å². The van der Waals surface area contributed by atoms with Gasteiger partial charge >= 0.3 is 0 Å². The quantitative estimate of drug-likeness (QED) is 0.557. The molecule has 0 N–H and O–H groups in total. The van der Waals surface area contributed by atoms with Gasteiger partial charge in [0.25, 0.3) is 0 Å². The van der Waals surface area contributed by atoms with Crippen LogP contribution in [0.3, 0.4) is 0 Å². The standard InChI is InChI=1S/C20H18/c1-3-20(2,18-11-5-4-6-12-18)19-14-13-16-9-7-8-10-17(16)15-19/h3-15H,1H2,2H3/t20-/m1/s1. The lowest BCUT2D eigenvalue weighted by Crippen LogP contribution is -2.20. The number of benzene rings is 3. The summed E-state index contributed by atoms with van der Waals surface area (Å²) in [4.78, 5) is 0. The summed E-state index contributed by atoms with van der Waals surface area (Å²) in [6.07, 6.45) is 2.03. The lowest BCUT2D eigenvalue weighted by atomic mass is 9.76. The average molecular weight is 258 g/mol. The fourth-order valence-electron chi connectivity index (χ4n) is 2.70. The third-order valence-corrected chi connectivity index (χ3v) is 4.13. The van der Waals surface area contributed by atoms with E-state index in [1.54, 1.807) is 0 Å². The first-order chi connectivity index (χ1) is 9.74. The van der Waals surface area contributed by atoms with E-state index in [4.69, 9.17) is 0 Å². The van der Waals surface area contributed by atoms with E-state index in [-0.39, 0.29) is 5.41 Å². The fourth-order valence-corrected chi connectivity index (χ4v) is 2.70. The lowest BCUT2D eigenvalue weighted by molar-refractivity contribution is 0.727. The van der Waals surface area contributed by atoms with E-state index in [1.807, 2.05) is 12.1 Å². The van der Waals surface area contributed by atoms with Crippen LogP contribution < -0.4 is 0 Å². The van der Waals surface area contributed by atoms with E-state index in [2.05, 4.69) is 80.2 Å². The van der Waals surface area contributed by atoms with Crippen LogP contribution in [0.5, 0.6) is 0 Å². The van der Waals surface area contributed by atoms with Gasteiger partial charge in [-0.1, -0.05) is 72.8 Å². The van der Waals surface area contributed by atoms with Crippen molar-refractivity contribution < 1.29 is 0 Å². The number of hydrogen-bond acceptors (Lipinski definition) is 0. The minimum Gasteiger partial charge on any atom is -0.102 e. The normalized spacial score (nSPS) is 13.8. The lowest BCUT2D eigenvalue weighted by Gasteiger charge is -2.27. The summed E-state index contributed by atoms with van der Waals surface area (Å²) in [5.74, 6) is 0. The highest BCUT2D eigenvalue weighted by atomic mass is 14.3. The number of rotatable bonds is 3. The molecule has 0 nitrogen and oxygen atoms in total. The molecule has 0 heterocycles. The van der Waals surface area contributed by atoms with Crippen LogP contribution in [0.15, 0.2) is 85.5 Å². The average Bonchev–Trinajstić information content (AvgIpc) is 2.54. The zero-order valence-electron chi connectivity index (χ0n) is 11.7. The molecular weight excluding hydrogens is 240 g/mol. The fraction of sp³-hybridized carbons (Fsp3) is 0.100. The van der Waals surface area contributed by atoms with Crippen molar-refractivity contribution in [3.8, 4) is 0 Å². The van der Waals surface area contributed by atoms with Crippen LogP contribution in [0.1, 0.15) is 18.1 Å². The van der Waals surface area contributed by atoms with E-state index in [9.17, 15) is 0 Å². The maximum Gasteiger partial charge on any atom is 0.0351 e. The van der Waals surface area contributed by atoms with E-state index >= 15 is 0 Å². The first-order valence-electron chi connectivity index (χ1n) is 6.92. The van der Waals surface area contributed by atoms with Crippen molar-refractivity contribution in [3.05, 3.63) is 96.6 Å². The van der Waals surface area contributed by atoms with Gasteiger partial charge in [-0.25, -0.2) is 0 Å². The van der Waals surface area contributed by atoms with Crippen LogP contribution in [-0.2, 0) is 5.41 Å². The van der Waals surface area contributed by atoms with Crippen molar-refractivity contribution in [3.63, 3.8) is 0 Å². The summed E-state index contributed by atoms with van der Waals surface area (Å²) in [5, 5.41) is 2.55. The Kier molecular flexibility index (Phi) is 3.15. The monoisotopic (exact) mass is 258 g/mol. The second-order valence-electron chi connectivity index (χ2n) is 5.33. The van der Waals surface area contributed by atoms with E-state index in [0.29, 0.717) is 0 Å². The molecule has 3 rings (SSSR count). The molecule has 0 aliphatic carbocycles. The summed E-state index contributed by atoms with van der Waals surface area (Å²) >= 11 is 0. The van der Waals surface area contributed by atoms with Crippen LogP contribution >= 0.6 is 0 Å². The van der Waals surface area contributed by atoms with Gasteiger partial charge in [-0.05, 0) is 34.9 Å². The Morgan fingerprint density at radius 3 is 2.10 bits per heavy atom. The maximum atomic E-state index is 4.07. The molecule has 0 fully saturated rings. The highest BCUT2D eigenvalue weighted by Crippen LogP contribution is 2.34. The molecule has 3 aromatic rings. The molecule has 0 saturated carbocycles. The summed E-state index contributed by atoms with van der Waals surface area (Å²) < 4.78 is 0. The topological polar surface area (TPSA) is 0 Å². The Labute approximate surface area is 120 Å². The SMILES string of the molecule is C=C[C@](C)(c1ccccc1)c1ccc2ccccc2c1. The third-order valence-electron chi connectivity index (χ3n) is 4.13. The molecule has 3 aromatic carbocycles. The van der Waals surface area contributed by atoms with Gasteiger partial charge < -0.3 is 0 Å². The van der Waals surface area contributed by atoms with Gasteiger partial charge in [0, 0.05) is 5.41 Å². The van der Waals surface area contributed by atoms with Crippen molar-refractivity contribution in [1.82, 2.24) is 0 Å². The van der Waals surface area contributed by atoms with Crippen LogP contribution in [0.4, 0.5) is 0 Å². The molecule has 0 heteroatoms. The van der Waals surface area contributed by atoms with Gasteiger partial charge in [0.05, 0.1) is 0 Å². The molecule has 0 aliphatic rings. The van der Waals surface area contributed by atoms with Crippen molar-refractivity contribution in [2.75, 3.05) is 0 Å². The third kappa shape index (κ3) is 2.04. The molecule has 20 heavy (non-hydrogen) atoms. The Hall–Kier alpha value is -2.34. The highest BCUT2D eigenvalue weighted by Gasteiger charge is 2.25. The molecule has 0 amide bonds. The molecule has 0 saturated heterocycles. The van der Waals surface area contributed by atoms with Crippen molar-refractivity contribution in [2.24, 2.45) is 0 Å². The minimum atomic E-state index is -0.161. The summed E-state index contributed by atoms with van der Waals surface area (Å²) in [7, 11) is 0. The second-order valence-corrected chi connectivity index (χ2v) is 5.33. The van der Waals surface area contributed by atoms with Crippen molar-refractivity contribution >= 4 is 10.8 Å². The van der Waals surface area contributed by atoms with Gasteiger partial charge in [-0.2, -0.15) is 0 Å². The van der Waals surface area contributed by atoms with Crippen LogP contribution in [-0.4, -0.2) is 0 Å². The van der Waals surface area contributed by atoms with Crippen LogP contribution in [0, 0.1) is 0 Å². The van der Waals surface area contributed by atoms with E-state index in [1.165, 1.54) is 21.9 Å². The molecule has 0 radical (unpaired) electrons. The molecule has 0 aromatic heterocycles. The predicted molar refractivity (Wildman–Crippen MR) is 87.0 cm³/mol. The molecule has 0 bridgehead atoms. The van der Waals surface area contributed by atoms with Crippen LogP contribution in [0.25, 0.3) is 10.8 Å². The zero-order chi connectivity index (χ0) is 14.0. The Morgan fingerprint density at radius 1 is 0.750 bits per heavy atom. The van der Waals surface area contributed by atoms with Crippen molar-refractivity contribution in [2.45, 2.75) is 12.3 Å². The first-order valence-corrected chi connectivity index (χ1v) is 6.92. The highest BCUT2D eigenvalue weighted by molar-refractivity contribution is 5.83. The Balaban J connectivity index is 2.18. The molecule has 0 aliphatic heterocycles. The van der Waals surface area contributed by atoms with Crippen LogP contribution in [0.2, 0.25) is 0 Å². The van der Waals surface area contributed by atoms with Gasteiger partial charge in [-0.15, -0.1) is 6.58 Å². The summed E-state index contributed by atoms with van der Waals surface area (Å²) in [6, 6.07) is 25.7. The van der Waals surface area contributed by atoms with E-state index < -0.39 is 0 Å². The molecule has 0 spiro atoms. The molecular formula is C20H18. The first kappa shape index (κ1) is 12.7. The number of fused-ring (bicyclic) bond motifs is 1. The predicted octanol–water partition coefficient (Wildman–Crippen LogP) is 5.33. The zero-order valence-corrected chi connectivity index (χ0v) is 11.7.